The molecule has 0 spiro atoms. The highest BCUT2D eigenvalue weighted by molar-refractivity contribution is 5.49. The summed E-state index contributed by atoms with van der Waals surface area (Å²) in [6.07, 6.45) is 2.40. The molecule has 0 aliphatic heterocycles. The van der Waals surface area contributed by atoms with E-state index in [9.17, 15) is 0 Å². The van der Waals surface area contributed by atoms with E-state index in [-0.39, 0.29) is 0 Å². The van der Waals surface area contributed by atoms with Gasteiger partial charge in [-0.15, -0.1) is 0 Å². The summed E-state index contributed by atoms with van der Waals surface area (Å²) in [7, 11) is 0. The van der Waals surface area contributed by atoms with Gasteiger partial charge in [0.05, 0.1) is 0 Å². The molecule has 0 radical (unpaired) electrons. The van der Waals surface area contributed by atoms with Gasteiger partial charge in [0.25, 0.3) is 0 Å². The SMILES string of the molecule is CCCc1cccc(N(CC)C(C)C)c1. The number of rotatable bonds is 5. The first-order valence-electron chi connectivity index (χ1n) is 6.04. The normalized spacial score (nSPS) is 10.7. The van der Waals surface area contributed by atoms with Gasteiger partial charge in [0.2, 0.25) is 0 Å². The van der Waals surface area contributed by atoms with Crippen LogP contribution in [0.1, 0.15) is 39.7 Å². The predicted octanol–water partition coefficient (Wildman–Crippen LogP) is 3.87. The number of benzene rings is 1. The van der Waals surface area contributed by atoms with Gasteiger partial charge >= 0.3 is 0 Å². The lowest BCUT2D eigenvalue weighted by Crippen LogP contribution is -2.30. The van der Waals surface area contributed by atoms with Crippen molar-refractivity contribution in [3.8, 4) is 0 Å². The van der Waals surface area contributed by atoms with E-state index in [2.05, 4.69) is 56.9 Å². The summed E-state index contributed by atoms with van der Waals surface area (Å²) in [5.74, 6) is 0. The molecule has 0 atom stereocenters. The lowest BCUT2D eigenvalue weighted by molar-refractivity contribution is 0.703. The standard InChI is InChI=1S/C14H23N/c1-5-8-13-9-7-10-14(11-13)15(6-2)12(3)4/h7,9-12H,5-6,8H2,1-4H3. The zero-order valence-electron chi connectivity index (χ0n) is 10.5. The monoisotopic (exact) mass is 205 g/mol. The largest absolute Gasteiger partial charge is 0.369 e. The highest BCUT2D eigenvalue weighted by atomic mass is 15.1. The average Bonchev–Trinajstić information content (AvgIpc) is 2.19. The third-order valence-electron chi connectivity index (χ3n) is 2.74. The summed E-state index contributed by atoms with van der Waals surface area (Å²) >= 11 is 0. The van der Waals surface area contributed by atoms with Crippen molar-refractivity contribution in [3.05, 3.63) is 29.8 Å². The van der Waals surface area contributed by atoms with E-state index in [4.69, 9.17) is 0 Å². The maximum Gasteiger partial charge on any atom is 0.0371 e. The van der Waals surface area contributed by atoms with E-state index >= 15 is 0 Å². The minimum atomic E-state index is 0.576. The third-order valence-corrected chi connectivity index (χ3v) is 2.74. The Morgan fingerprint density at radius 3 is 2.47 bits per heavy atom. The molecule has 1 heteroatoms. The average molecular weight is 205 g/mol. The first kappa shape index (κ1) is 12.1. The zero-order chi connectivity index (χ0) is 11.3. The molecule has 0 fully saturated rings. The van der Waals surface area contributed by atoms with Crippen molar-refractivity contribution in [1.29, 1.82) is 0 Å². The van der Waals surface area contributed by atoms with Crippen LogP contribution >= 0.6 is 0 Å². The Morgan fingerprint density at radius 2 is 1.93 bits per heavy atom. The van der Waals surface area contributed by atoms with Crippen molar-refractivity contribution in [1.82, 2.24) is 0 Å². The van der Waals surface area contributed by atoms with Gasteiger partial charge in [0.1, 0.15) is 0 Å². The van der Waals surface area contributed by atoms with Crippen molar-refractivity contribution < 1.29 is 0 Å². The second-order valence-electron chi connectivity index (χ2n) is 4.30. The fourth-order valence-corrected chi connectivity index (χ4v) is 2.03. The molecule has 0 amide bonds. The maximum atomic E-state index is 2.43. The first-order chi connectivity index (χ1) is 7.19. The Kier molecular flexibility index (Phi) is 4.67. The van der Waals surface area contributed by atoms with Gasteiger partial charge < -0.3 is 4.90 Å². The van der Waals surface area contributed by atoms with Crippen LogP contribution in [0.3, 0.4) is 0 Å². The number of nitrogens with zero attached hydrogens (tertiary/aromatic N) is 1. The lowest BCUT2D eigenvalue weighted by Gasteiger charge is -2.27. The predicted molar refractivity (Wildman–Crippen MR) is 68.6 cm³/mol. The van der Waals surface area contributed by atoms with E-state index in [0.717, 1.165) is 6.54 Å². The summed E-state index contributed by atoms with van der Waals surface area (Å²) in [5.41, 5.74) is 2.81. The van der Waals surface area contributed by atoms with E-state index < -0.39 is 0 Å². The molecule has 0 bridgehead atoms. The first-order valence-corrected chi connectivity index (χ1v) is 6.04. The number of aryl methyl sites for hydroxylation is 1. The molecule has 0 unspecified atom stereocenters. The molecule has 0 aliphatic carbocycles. The van der Waals surface area contributed by atoms with Gasteiger partial charge in [0.15, 0.2) is 0 Å². The molecule has 0 heterocycles. The molecule has 1 nitrogen and oxygen atoms in total. The van der Waals surface area contributed by atoms with Crippen molar-refractivity contribution in [3.63, 3.8) is 0 Å². The van der Waals surface area contributed by atoms with Crippen LogP contribution in [0.15, 0.2) is 24.3 Å². The summed E-state index contributed by atoms with van der Waals surface area (Å²) in [5, 5.41) is 0. The molecule has 84 valence electrons. The fraction of sp³-hybridized carbons (Fsp3) is 0.571. The van der Waals surface area contributed by atoms with Gasteiger partial charge in [-0.25, -0.2) is 0 Å². The summed E-state index contributed by atoms with van der Waals surface area (Å²) < 4.78 is 0. The molecule has 0 saturated heterocycles. The Balaban J connectivity index is 2.87. The van der Waals surface area contributed by atoms with Crippen molar-refractivity contribution in [2.75, 3.05) is 11.4 Å². The summed E-state index contributed by atoms with van der Waals surface area (Å²) in [6.45, 7) is 10.0. The fourth-order valence-electron chi connectivity index (χ4n) is 2.03. The number of hydrogen-bond acceptors (Lipinski definition) is 1. The van der Waals surface area contributed by atoms with Gasteiger partial charge in [-0.05, 0) is 44.9 Å². The van der Waals surface area contributed by atoms with Crippen molar-refractivity contribution in [2.45, 2.75) is 46.6 Å². The van der Waals surface area contributed by atoms with Crippen LogP contribution in [-0.2, 0) is 6.42 Å². The van der Waals surface area contributed by atoms with Gasteiger partial charge in [-0.3, -0.25) is 0 Å². The molecular weight excluding hydrogens is 182 g/mol. The van der Waals surface area contributed by atoms with Gasteiger partial charge in [-0.1, -0.05) is 25.5 Å². The third kappa shape index (κ3) is 3.26. The van der Waals surface area contributed by atoms with Crippen LogP contribution < -0.4 is 4.90 Å². The number of hydrogen-bond donors (Lipinski definition) is 0. The van der Waals surface area contributed by atoms with Crippen LogP contribution in [0.2, 0.25) is 0 Å². The van der Waals surface area contributed by atoms with Crippen molar-refractivity contribution in [2.24, 2.45) is 0 Å². The molecule has 1 rings (SSSR count). The molecule has 0 aromatic heterocycles. The summed E-state index contributed by atoms with van der Waals surface area (Å²) in [4.78, 5) is 2.43. The molecule has 0 aliphatic rings. The van der Waals surface area contributed by atoms with E-state index in [1.165, 1.54) is 24.1 Å². The van der Waals surface area contributed by atoms with Gasteiger partial charge in [0, 0.05) is 18.3 Å². The highest BCUT2D eigenvalue weighted by Gasteiger charge is 2.07. The van der Waals surface area contributed by atoms with E-state index in [1.54, 1.807) is 0 Å². The van der Waals surface area contributed by atoms with Crippen LogP contribution in [0, 0.1) is 0 Å². The molecule has 15 heavy (non-hydrogen) atoms. The minimum absolute atomic E-state index is 0.576. The maximum absolute atomic E-state index is 2.43. The zero-order valence-corrected chi connectivity index (χ0v) is 10.5. The smallest absolute Gasteiger partial charge is 0.0371 e. The second kappa shape index (κ2) is 5.79. The Morgan fingerprint density at radius 1 is 1.20 bits per heavy atom. The van der Waals surface area contributed by atoms with Crippen LogP contribution in [0.4, 0.5) is 5.69 Å². The highest BCUT2D eigenvalue weighted by Crippen LogP contribution is 2.19. The molecule has 0 N–H and O–H groups in total. The van der Waals surface area contributed by atoms with Gasteiger partial charge in [-0.2, -0.15) is 0 Å². The quantitative estimate of drug-likeness (QED) is 0.705. The topological polar surface area (TPSA) is 3.24 Å². The van der Waals surface area contributed by atoms with E-state index in [1.807, 2.05) is 0 Å². The van der Waals surface area contributed by atoms with Crippen molar-refractivity contribution >= 4 is 5.69 Å². The van der Waals surface area contributed by atoms with Crippen LogP contribution in [0.5, 0.6) is 0 Å². The second-order valence-corrected chi connectivity index (χ2v) is 4.30. The minimum Gasteiger partial charge on any atom is -0.369 e. The summed E-state index contributed by atoms with van der Waals surface area (Å²) in [6, 6.07) is 9.51. The lowest BCUT2D eigenvalue weighted by atomic mass is 10.1. The Bertz CT molecular complexity index is 291. The Labute approximate surface area is 94.1 Å². The Hall–Kier alpha value is -0.980. The molecule has 0 saturated carbocycles. The molecule has 1 aromatic rings. The number of anilines is 1. The van der Waals surface area contributed by atoms with Crippen LogP contribution in [0.25, 0.3) is 0 Å². The van der Waals surface area contributed by atoms with E-state index in [0.29, 0.717) is 6.04 Å². The van der Waals surface area contributed by atoms with Crippen LogP contribution in [-0.4, -0.2) is 12.6 Å². The molecular formula is C14H23N. The molecule has 1 aromatic carbocycles.